The van der Waals surface area contributed by atoms with E-state index in [-0.39, 0.29) is 24.9 Å². The molecule has 6 heteroatoms. The molecule has 0 fully saturated rings. The largest absolute Gasteiger partial charge is 0.461 e. The van der Waals surface area contributed by atoms with Gasteiger partial charge >= 0.3 is 5.97 Å². The molecule has 0 spiro atoms. The van der Waals surface area contributed by atoms with Crippen molar-refractivity contribution >= 4 is 11.9 Å². The zero-order chi connectivity index (χ0) is 45.2. The summed E-state index contributed by atoms with van der Waals surface area (Å²) in [7, 11) is 0. The van der Waals surface area contributed by atoms with E-state index in [0.717, 1.165) is 64.2 Å². The molecule has 358 valence electrons. The third-order valence-corrected chi connectivity index (χ3v) is 11.5. The van der Waals surface area contributed by atoms with Gasteiger partial charge in [0.05, 0.1) is 25.2 Å². The third kappa shape index (κ3) is 43.9. The van der Waals surface area contributed by atoms with Gasteiger partial charge in [-0.1, -0.05) is 229 Å². The highest BCUT2D eigenvalue weighted by molar-refractivity contribution is 5.77. The Morgan fingerprint density at radius 3 is 1.42 bits per heavy atom. The first kappa shape index (κ1) is 59.3. The zero-order valence-corrected chi connectivity index (χ0v) is 40.7. The number of ether oxygens (including phenoxy) is 1. The van der Waals surface area contributed by atoms with E-state index in [2.05, 4.69) is 92.9 Å². The molecular formula is C56H99NO5. The van der Waals surface area contributed by atoms with E-state index >= 15 is 0 Å². The number of esters is 1. The molecule has 0 aromatic rings. The first-order chi connectivity index (χ1) is 30.5. The van der Waals surface area contributed by atoms with Gasteiger partial charge in [-0.3, -0.25) is 9.59 Å². The molecule has 3 N–H and O–H groups in total. The Morgan fingerprint density at radius 2 is 0.903 bits per heavy atom. The van der Waals surface area contributed by atoms with Gasteiger partial charge in [-0.15, -0.1) is 0 Å². The second-order valence-electron chi connectivity index (χ2n) is 17.6. The number of unbranched alkanes of at least 4 members (excludes halogenated alkanes) is 24. The number of allylic oxidation sites excluding steroid dienone is 11. The van der Waals surface area contributed by atoms with Crippen molar-refractivity contribution < 1.29 is 24.5 Å². The molecule has 1 amide bonds. The first-order valence-corrected chi connectivity index (χ1v) is 26.2. The lowest BCUT2D eigenvalue weighted by Gasteiger charge is -2.24. The fraction of sp³-hybridized carbons (Fsp3) is 0.750. The SMILES string of the molecule is CCCCC/C=C\C/C=C\C/C=C\C/C=C\CC(CC(=O)NC(CO)C(O)CCCCCCCCCCCCCCC)OC(=O)CCCCCCCC/C=C/C=C/CCCCC. The highest BCUT2D eigenvalue weighted by Gasteiger charge is 2.23. The van der Waals surface area contributed by atoms with Crippen LogP contribution in [0.15, 0.2) is 72.9 Å². The monoisotopic (exact) mass is 866 g/mol. The molecule has 3 unspecified atom stereocenters. The summed E-state index contributed by atoms with van der Waals surface area (Å²) >= 11 is 0. The number of hydrogen-bond donors (Lipinski definition) is 3. The van der Waals surface area contributed by atoms with Gasteiger partial charge in [0.15, 0.2) is 0 Å². The van der Waals surface area contributed by atoms with Crippen molar-refractivity contribution in [3.05, 3.63) is 72.9 Å². The number of aliphatic hydroxyl groups is 2. The summed E-state index contributed by atoms with van der Waals surface area (Å²) in [6.07, 6.45) is 62.6. The van der Waals surface area contributed by atoms with E-state index in [4.69, 9.17) is 4.74 Å². The fourth-order valence-corrected chi connectivity index (χ4v) is 7.52. The van der Waals surface area contributed by atoms with E-state index in [9.17, 15) is 19.8 Å². The van der Waals surface area contributed by atoms with Gasteiger partial charge in [-0.05, 0) is 70.6 Å². The van der Waals surface area contributed by atoms with Crippen LogP contribution in [0.5, 0.6) is 0 Å². The standard InChI is InChI=1S/C56H99NO5/c1-4-7-10-13-16-19-22-25-27-30-32-35-38-41-44-47-52(62-56(61)49-46-43-40-37-34-31-28-26-23-20-17-14-11-8-5-2)50-55(60)57-53(51-58)54(59)48-45-42-39-36-33-29-24-21-18-15-12-9-6-3/h16-17,19-20,23,25-27,32,35,41,44,52-54,58-59H,4-15,18,21-22,24,28-31,33-34,36-40,42-43,45-51H2,1-3H3,(H,57,60)/b19-16-,20-17+,26-23+,27-25-,35-32-,44-41-. The Kier molecular flexibility index (Phi) is 47.2. The molecule has 0 aliphatic rings. The minimum absolute atomic E-state index is 0.00514. The van der Waals surface area contributed by atoms with Crippen molar-refractivity contribution in [1.82, 2.24) is 5.32 Å². The van der Waals surface area contributed by atoms with Crippen molar-refractivity contribution in [2.75, 3.05) is 6.61 Å². The Balaban J connectivity index is 4.74. The normalized spacial score (nSPS) is 13.8. The molecule has 0 saturated heterocycles. The van der Waals surface area contributed by atoms with Gasteiger partial charge in [0.25, 0.3) is 0 Å². The lowest BCUT2D eigenvalue weighted by Crippen LogP contribution is -2.46. The van der Waals surface area contributed by atoms with E-state index in [1.54, 1.807) is 0 Å². The maximum Gasteiger partial charge on any atom is 0.306 e. The summed E-state index contributed by atoms with van der Waals surface area (Å²) in [5.74, 6) is -0.590. The fourth-order valence-electron chi connectivity index (χ4n) is 7.52. The van der Waals surface area contributed by atoms with Crippen LogP contribution in [-0.4, -0.2) is 46.9 Å². The van der Waals surface area contributed by atoms with E-state index in [0.29, 0.717) is 19.3 Å². The predicted octanol–water partition coefficient (Wildman–Crippen LogP) is 15.8. The summed E-state index contributed by atoms with van der Waals surface area (Å²) in [5.41, 5.74) is 0. The number of hydrogen-bond acceptors (Lipinski definition) is 5. The summed E-state index contributed by atoms with van der Waals surface area (Å²) in [6.45, 7) is 6.39. The maximum absolute atomic E-state index is 13.2. The molecule has 0 radical (unpaired) electrons. The molecule has 0 aromatic carbocycles. The Labute approximate surface area is 383 Å². The van der Waals surface area contributed by atoms with Crippen LogP contribution in [0.2, 0.25) is 0 Å². The zero-order valence-electron chi connectivity index (χ0n) is 40.7. The number of rotatable bonds is 46. The summed E-state index contributed by atoms with van der Waals surface area (Å²) in [4.78, 5) is 26.1. The van der Waals surface area contributed by atoms with Crippen LogP contribution in [0.25, 0.3) is 0 Å². The molecule has 0 aliphatic heterocycles. The predicted molar refractivity (Wildman–Crippen MR) is 268 cm³/mol. The highest BCUT2D eigenvalue weighted by Crippen LogP contribution is 2.16. The van der Waals surface area contributed by atoms with Gasteiger partial charge in [0.1, 0.15) is 6.10 Å². The molecule has 0 rings (SSSR count). The van der Waals surface area contributed by atoms with Crippen LogP contribution < -0.4 is 5.32 Å². The topological polar surface area (TPSA) is 95.9 Å². The van der Waals surface area contributed by atoms with Crippen molar-refractivity contribution in [1.29, 1.82) is 0 Å². The van der Waals surface area contributed by atoms with Crippen LogP contribution >= 0.6 is 0 Å². The smallest absolute Gasteiger partial charge is 0.306 e. The molecule has 6 nitrogen and oxygen atoms in total. The van der Waals surface area contributed by atoms with Gasteiger partial charge < -0.3 is 20.3 Å². The van der Waals surface area contributed by atoms with Crippen LogP contribution in [0, 0.1) is 0 Å². The quantitative estimate of drug-likeness (QED) is 0.0245. The molecule has 0 aliphatic carbocycles. The van der Waals surface area contributed by atoms with Crippen molar-refractivity contribution in [3.8, 4) is 0 Å². The van der Waals surface area contributed by atoms with E-state index < -0.39 is 18.2 Å². The molecule has 0 saturated carbocycles. The summed E-state index contributed by atoms with van der Waals surface area (Å²) in [5, 5.41) is 23.7. The second kappa shape index (κ2) is 49.3. The lowest BCUT2D eigenvalue weighted by atomic mass is 10.0. The van der Waals surface area contributed by atoms with Crippen LogP contribution in [0.4, 0.5) is 0 Å². The lowest BCUT2D eigenvalue weighted by molar-refractivity contribution is -0.150. The maximum atomic E-state index is 13.2. The molecule has 3 atom stereocenters. The second-order valence-corrected chi connectivity index (χ2v) is 17.6. The minimum Gasteiger partial charge on any atom is -0.461 e. The molecule has 0 aromatic heterocycles. The van der Waals surface area contributed by atoms with Crippen molar-refractivity contribution in [2.24, 2.45) is 0 Å². The van der Waals surface area contributed by atoms with Crippen LogP contribution in [0.3, 0.4) is 0 Å². The third-order valence-electron chi connectivity index (χ3n) is 11.5. The number of amides is 1. The Morgan fingerprint density at radius 1 is 0.500 bits per heavy atom. The van der Waals surface area contributed by atoms with E-state index in [1.165, 1.54) is 135 Å². The summed E-state index contributed by atoms with van der Waals surface area (Å²) < 4.78 is 5.87. The average molecular weight is 866 g/mol. The van der Waals surface area contributed by atoms with Crippen molar-refractivity contribution in [3.63, 3.8) is 0 Å². The molecular weight excluding hydrogens is 767 g/mol. The molecule has 62 heavy (non-hydrogen) atoms. The number of carbonyl (C=O) groups is 2. The van der Waals surface area contributed by atoms with Crippen LogP contribution in [0.1, 0.15) is 245 Å². The molecule has 0 heterocycles. The van der Waals surface area contributed by atoms with Gasteiger partial charge in [-0.25, -0.2) is 0 Å². The van der Waals surface area contributed by atoms with Crippen LogP contribution in [-0.2, 0) is 14.3 Å². The summed E-state index contributed by atoms with van der Waals surface area (Å²) in [6, 6.07) is -0.735. The average Bonchev–Trinajstić information content (AvgIpc) is 3.26. The first-order valence-electron chi connectivity index (χ1n) is 26.2. The number of nitrogens with one attached hydrogen (secondary N) is 1. The highest BCUT2D eigenvalue weighted by atomic mass is 16.5. The number of aliphatic hydroxyl groups excluding tert-OH is 2. The molecule has 0 bridgehead atoms. The Bertz CT molecular complexity index is 1150. The van der Waals surface area contributed by atoms with Gasteiger partial charge in [0, 0.05) is 12.8 Å². The van der Waals surface area contributed by atoms with Gasteiger partial charge in [0.2, 0.25) is 5.91 Å². The van der Waals surface area contributed by atoms with Gasteiger partial charge in [-0.2, -0.15) is 0 Å². The van der Waals surface area contributed by atoms with Crippen molar-refractivity contribution in [2.45, 2.75) is 264 Å². The minimum atomic E-state index is -0.815. The van der Waals surface area contributed by atoms with E-state index in [1.807, 2.05) is 6.08 Å². The number of carbonyl (C=O) groups excluding carboxylic acids is 2. The Hall–Kier alpha value is -2.70.